The van der Waals surface area contributed by atoms with E-state index in [1.54, 1.807) is 0 Å². The molecular weight excluding hydrogens is 184 g/mol. The van der Waals surface area contributed by atoms with Gasteiger partial charge >= 0.3 is 0 Å². The van der Waals surface area contributed by atoms with E-state index >= 15 is 0 Å². The van der Waals surface area contributed by atoms with Crippen LogP contribution >= 0.6 is 0 Å². The Morgan fingerprint density at radius 1 is 0.867 bits per heavy atom. The first-order valence-electron chi connectivity index (χ1n) is 6.88. The van der Waals surface area contributed by atoms with Gasteiger partial charge in [0.25, 0.3) is 0 Å². The molecule has 0 saturated heterocycles. The number of rotatable bonds is 4. The van der Waals surface area contributed by atoms with E-state index in [0.717, 1.165) is 24.7 Å². The summed E-state index contributed by atoms with van der Waals surface area (Å²) >= 11 is 0. The molecule has 1 heteroatoms. The Kier molecular flexibility index (Phi) is 3.71. The van der Waals surface area contributed by atoms with E-state index < -0.39 is 0 Å². The molecule has 0 aliphatic heterocycles. The molecule has 0 bridgehead atoms. The highest BCUT2D eigenvalue weighted by Crippen LogP contribution is 2.38. The summed E-state index contributed by atoms with van der Waals surface area (Å²) in [4.78, 5) is 0. The largest absolute Gasteiger partial charge is 0.390 e. The molecular formula is C14H26O. The highest BCUT2D eigenvalue weighted by molar-refractivity contribution is 4.84. The van der Waals surface area contributed by atoms with Gasteiger partial charge in [-0.3, -0.25) is 0 Å². The lowest BCUT2D eigenvalue weighted by atomic mass is 9.73. The summed E-state index contributed by atoms with van der Waals surface area (Å²) in [5.41, 5.74) is -0.368. The lowest BCUT2D eigenvalue weighted by Gasteiger charge is -2.36. The Hall–Kier alpha value is -0.0400. The molecule has 0 heterocycles. The zero-order chi connectivity index (χ0) is 10.7. The van der Waals surface area contributed by atoms with Gasteiger partial charge in [-0.25, -0.2) is 0 Å². The Bertz CT molecular complexity index is 188. The molecule has 88 valence electrons. The van der Waals surface area contributed by atoms with E-state index in [9.17, 15) is 5.11 Å². The monoisotopic (exact) mass is 210 g/mol. The Morgan fingerprint density at radius 3 is 1.73 bits per heavy atom. The molecule has 2 aliphatic carbocycles. The van der Waals surface area contributed by atoms with Crippen molar-refractivity contribution in [2.75, 3.05) is 0 Å². The second kappa shape index (κ2) is 4.86. The average Bonchev–Trinajstić information content (AvgIpc) is 2.13. The molecule has 2 aliphatic rings. The Labute approximate surface area is 94.3 Å². The van der Waals surface area contributed by atoms with Crippen molar-refractivity contribution in [1.29, 1.82) is 0 Å². The minimum atomic E-state index is -0.368. The first-order chi connectivity index (χ1) is 7.16. The van der Waals surface area contributed by atoms with Crippen LogP contribution < -0.4 is 0 Å². The van der Waals surface area contributed by atoms with Crippen LogP contribution in [0.3, 0.4) is 0 Å². The van der Waals surface area contributed by atoms with Crippen LogP contribution in [0.15, 0.2) is 0 Å². The highest BCUT2D eigenvalue weighted by Gasteiger charge is 2.31. The van der Waals surface area contributed by atoms with Gasteiger partial charge in [0.05, 0.1) is 5.60 Å². The summed E-state index contributed by atoms with van der Waals surface area (Å²) in [7, 11) is 0. The van der Waals surface area contributed by atoms with Crippen molar-refractivity contribution in [1.82, 2.24) is 0 Å². The summed E-state index contributed by atoms with van der Waals surface area (Å²) in [5, 5.41) is 10.4. The van der Waals surface area contributed by atoms with E-state index in [2.05, 4.69) is 6.92 Å². The fourth-order valence-corrected chi connectivity index (χ4v) is 3.42. The average molecular weight is 210 g/mol. The fourth-order valence-electron chi connectivity index (χ4n) is 3.42. The number of hydrogen-bond acceptors (Lipinski definition) is 1. The molecule has 0 aromatic rings. The van der Waals surface area contributed by atoms with E-state index in [1.165, 1.54) is 51.4 Å². The van der Waals surface area contributed by atoms with Crippen LogP contribution in [0.5, 0.6) is 0 Å². The van der Waals surface area contributed by atoms with Crippen LogP contribution in [0.1, 0.15) is 71.1 Å². The van der Waals surface area contributed by atoms with Crippen LogP contribution in [0, 0.1) is 11.8 Å². The molecule has 2 fully saturated rings. The third-order valence-electron chi connectivity index (χ3n) is 4.41. The van der Waals surface area contributed by atoms with E-state index in [0.29, 0.717) is 0 Å². The van der Waals surface area contributed by atoms with Gasteiger partial charge in [0.2, 0.25) is 0 Å². The summed E-state index contributed by atoms with van der Waals surface area (Å²) in [5.74, 6) is 1.65. The van der Waals surface area contributed by atoms with Gasteiger partial charge in [-0.2, -0.15) is 0 Å². The van der Waals surface area contributed by atoms with Crippen molar-refractivity contribution in [3.8, 4) is 0 Å². The van der Waals surface area contributed by atoms with Crippen molar-refractivity contribution in [3.63, 3.8) is 0 Å². The standard InChI is InChI=1S/C14H26O/c1-14(15,11-13-8-5-9-13)10-12-6-3-2-4-7-12/h12-13,15H,2-11H2,1H3. The molecule has 1 atom stereocenters. The second-order valence-electron chi connectivity index (χ2n) is 6.21. The zero-order valence-corrected chi connectivity index (χ0v) is 10.2. The molecule has 1 N–H and O–H groups in total. The molecule has 0 radical (unpaired) electrons. The highest BCUT2D eigenvalue weighted by atomic mass is 16.3. The summed E-state index contributed by atoms with van der Waals surface area (Å²) in [6, 6.07) is 0. The SMILES string of the molecule is CC(O)(CC1CCCCC1)CC1CCC1. The van der Waals surface area contributed by atoms with Crippen LogP contribution in [0.2, 0.25) is 0 Å². The Morgan fingerprint density at radius 2 is 1.33 bits per heavy atom. The normalized spacial score (nSPS) is 28.4. The number of hydrogen-bond donors (Lipinski definition) is 1. The molecule has 0 aromatic carbocycles. The van der Waals surface area contributed by atoms with Gasteiger partial charge in [0, 0.05) is 0 Å². The summed E-state index contributed by atoms with van der Waals surface area (Å²) < 4.78 is 0. The van der Waals surface area contributed by atoms with Crippen molar-refractivity contribution in [3.05, 3.63) is 0 Å². The third kappa shape index (κ3) is 3.48. The predicted octanol–water partition coefficient (Wildman–Crippen LogP) is 3.90. The second-order valence-corrected chi connectivity index (χ2v) is 6.21. The Balaban J connectivity index is 1.74. The lowest BCUT2D eigenvalue weighted by Crippen LogP contribution is -2.33. The third-order valence-corrected chi connectivity index (χ3v) is 4.41. The fraction of sp³-hybridized carbons (Fsp3) is 1.00. The van der Waals surface area contributed by atoms with Crippen LogP contribution in [-0.2, 0) is 0 Å². The van der Waals surface area contributed by atoms with E-state index in [1.807, 2.05) is 0 Å². The summed E-state index contributed by atoms with van der Waals surface area (Å²) in [6.07, 6.45) is 13.2. The zero-order valence-electron chi connectivity index (χ0n) is 10.2. The quantitative estimate of drug-likeness (QED) is 0.746. The van der Waals surface area contributed by atoms with Crippen LogP contribution in [0.4, 0.5) is 0 Å². The maximum atomic E-state index is 10.4. The maximum absolute atomic E-state index is 10.4. The van der Waals surface area contributed by atoms with Crippen molar-refractivity contribution in [2.24, 2.45) is 11.8 Å². The maximum Gasteiger partial charge on any atom is 0.0625 e. The topological polar surface area (TPSA) is 20.2 Å². The molecule has 0 spiro atoms. The van der Waals surface area contributed by atoms with Crippen LogP contribution in [-0.4, -0.2) is 10.7 Å². The molecule has 15 heavy (non-hydrogen) atoms. The van der Waals surface area contributed by atoms with E-state index in [-0.39, 0.29) is 5.60 Å². The molecule has 0 amide bonds. The van der Waals surface area contributed by atoms with Gasteiger partial charge < -0.3 is 5.11 Å². The summed E-state index contributed by atoms with van der Waals surface area (Å²) in [6.45, 7) is 2.07. The predicted molar refractivity (Wildman–Crippen MR) is 63.8 cm³/mol. The molecule has 2 rings (SSSR count). The van der Waals surface area contributed by atoms with Gasteiger partial charge in [-0.05, 0) is 31.6 Å². The molecule has 1 unspecified atom stereocenters. The molecule has 2 saturated carbocycles. The molecule has 1 nitrogen and oxygen atoms in total. The number of aliphatic hydroxyl groups is 1. The van der Waals surface area contributed by atoms with Crippen LogP contribution in [0.25, 0.3) is 0 Å². The first kappa shape index (κ1) is 11.4. The van der Waals surface area contributed by atoms with Crippen molar-refractivity contribution in [2.45, 2.75) is 76.7 Å². The van der Waals surface area contributed by atoms with Gasteiger partial charge in [-0.1, -0.05) is 51.4 Å². The minimum absolute atomic E-state index is 0.368. The minimum Gasteiger partial charge on any atom is -0.390 e. The van der Waals surface area contributed by atoms with Gasteiger partial charge in [0.15, 0.2) is 0 Å². The van der Waals surface area contributed by atoms with Gasteiger partial charge in [0.1, 0.15) is 0 Å². The first-order valence-corrected chi connectivity index (χ1v) is 6.88. The van der Waals surface area contributed by atoms with Crippen molar-refractivity contribution < 1.29 is 5.11 Å². The van der Waals surface area contributed by atoms with Gasteiger partial charge in [-0.15, -0.1) is 0 Å². The van der Waals surface area contributed by atoms with E-state index in [4.69, 9.17) is 0 Å². The molecule has 0 aromatic heterocycles. The lowest BCUT2D eigenvalue weighted by molar-refractivity contribution is -0.00567. The van der Waals surface area contributed by atoms with Crippen molar-refractivity contribution >= 4 is 0 Å². The smallest absolute Gasteiger partial charge is 0.0625 e.